The number of furan rings is 1. The highest BCUT2D eigenvalue weighted by Gasteiger charge is 2.31. The first-order valence-electron chi connectivity index (χ1n) is 7.47. The molecule has 0 spiro atoms. The van der Waals surface area contributed by atoms with Crippen molar-refractivity contribution in [2.24, 2.45) is 5.41 Å². The first-order chi connectivity index (χ1) is 10.4. The monoisotopic (exact) mass is 301 g/mol. The Morgan fingerprint density at radius 1 is 1.27 bits per heavy atom. The molecule has 0 aliphatic carbocycles. The highest BCUT2D eigenvalue weighted by atomic mass is 16.3. The number of hydrogen-bond donors (Lipinski definition) is 2. The molecule has 0 saturated carbocycles. The van der Waals surface area contributed by atoms with Gasteiger partial charge in [-0.1, -0.05) is 37.3 Å². The smallest absolute Gasteiger partial charge is 0.287 e. The van der Waals surface area contributed by atoms with Crippen molar-refractivity contribution in [3.8, 4) is 0 Å². The van der Waals surface area contributed by atoms with E-state index in [-0.39, 0.29) is 5.91 Å². The number of benzene rings is 1. The average Bonchev–Trinajstić information content (AvgIpc) is 2.92. The van der Waals surface area contributed by atoms with Gasteiger partial charge in [-0.3, -0.25) is 4.79 Å². The maximum Gasteiger partial charge on any atom is 0.287 e. The molecule has 2 rings (SSSR count). The Kier molecular flexibility index (Phi) is 5.03. The third-order valence-corrected chi connectivity index (χ3v) is 4.08. The van der Waals surface area contributed by atoms with Gasteiger partial charge in [0.2, 0.25) is 0 Å². The summed E-state index contributed by atoms with van der Waals surface area (Å²) in [5.41, 5.74) is 0.688. The number of amides is 1. The van der Waals surface area contributed by atoms with E-state index >= 15 is 0 Å². The summed E-state index contributed by atoms with van der Waals surface area (Å²) in [4.78, 5) is 12.1. The second-order valence-electron chi connectivity index (χ2n) is 6.09. The minimum atomic E-state index is -0.550. The minimum absolute atomic E-state index is 0.256. The normalized spacial score (nSPS) is 15.1. The van der Waals surface area contributed by atoms with E-state index in [0.29, 0.717) is 24.5 Å². The fourth-order valence-corrected chi connectivity index (χ4v) is 2.35. The zero-order valence-electron chi connectivity index (χ0n) is 13.3. The number of aliphatic hydroxyl groups is 1. The summed E-state index contributed by atoms with van der Waals surface area (Å²) >= 11 is 0. The van der Waals surface area contributed by atoms with E-state index in [1.54, 1.807) is 26.0 Å². The average molecular weight is 301 g/mol. The Morgan fingerprint density at radius 2 is 1.95 bits per heavy atom. The lowest BCUT2D eigenvalue weighted by atomic mass is 9.79. The van der Waals surface area contributed by atoms with Crippen molar-refractivity contribution >= 4 is 5.91 Å². The molecule has 0 fully saturated rings. The number of rotatable bonds is 6. The number of hydrogen-bond acceptors (Lipinski definition) is 3. The summed E-state index contributed by atoms with van der Waals surface area (Å²) in [7, 11) is 0. The van der Waals surface area contributed by atoms with E-state index in [4.69, 9.17) is 4.42 Å². The van der Waals surface area contributed by atoms with Gasteiger partial charge in [0.05, 0.1) is 6.10 Å². The van der Waals surface area contributed by atoms with Crippen LogP contribution in [0.25, 0.3) is 0 Å². The molecule has 22 heavy (non-hydrogen) atoms. The molecule has 2 atom stereocenters. The van der Waals surface area contributed by atoms with Crippen LogP contribution in [0.3, 0.4) is 0 Å². The van der Waals surface area contributed by atoms with E-state index in [1.807, 2.05) is 37.3 Å². The molecule has 118 valence electrons. The van der Waals surface area contributed by atoms with Gasteiger partial charge in [0.25, 0.3) is 5.91 Å². The lowest BCUT2D eigenvalue weighted by Crippen LogP contribution is -2.43. The number of aryl methyl sites for hydroxylation is 1. The predicted molar refractivity (Wildman–Crippen MR) is 85.7 cm³/mol. The Morgan fingerprint density at radius 3 is 2.50 bits per heavy atom. The fraction of sp³-hybridized carbons (Fsp3) is 0.389. The quantitative estimate of drug-likeness (QED) is 0.862. The van der Waals surface area contributed by atoms with Crippen molar-refractivity contribution in [2.75, 3.05) is 6.54 Å². The number of carbonyl (C=O) groups is 1. The lowest BCUT2D eigenvalue weighted by Gasteiger charge is -2.33. The SMILES string of the molecule is Cc1ccc(C(=O)NC[C@@](C)(Cc2ccccc2)[C@H](C)O)o1. The predicted octanol–water partition coefficient (Wildman–Crippen LogP) is 2.95. The molecule has 1 aromatic heterocycles. The molecule has 2 aromatic rings. The molecule has 4 heteroatoms. The van der Waals surface area contributed by atoms with E-state index < -0.39 is 11.5 Å². The molecule has 0 unspecified atom stereocenters. The largest absolute Gasteiger partial charge is 0.456 e. The number of carbonyl (C=O) groups excluding carboxylic acids is 1. The highest BCUT2D eigenvalue weighted by Crippen LogP contribution is 2.26. The second-order valence-corrected chi connectivity index (χ2v) is 6.09. The van der Waals surface area contributed by atoms with Gasteiger partial charge >= 0.3 is 0 Å². The molecule has 0 aliphatic rings. The lowest BCUT2D eigenvalue weighted by molar-refractivity contribution is 0.0495. The minimum Gasteiger partial charge on any atom is -0.456 e. The van der Waals surface area contributed by atoms with Crippen LogP contribution in [0.4, 0.5) is 0 Å². The molecule has 0 aliphatic heterocycles. The Hall–Kier alpha value is -2.07. The molecular weight excluding hydrogens is 278 g/mol. The van der Waals surface area contributed by atoms with Gasteiger partial charge in [0, 0.05) is 12.0 Å². The Balaban J connectivity index is 2.03. The number of aliphatic hydroxyl groups excluding tert-OH is 1. The maximum absolute atomic E-state index is 12.1. The van der Waals surface area contributed by atoms with Gasteiger partial charge in [-0.2, -0.15) is 0 Å². The molecule has 4 nitrogen and oxygen atoms in total. The van der Waals surface area contributed by atoms with E-state index in [0.717, 1.165) is 5.56 Å². The zero-order chi connectivity index (χ0) is 16.2. The van der Waals surface area contributed by atoms with Crippen LogP contribution < -0.4 is 5.32 Å². The first kappa shape index (κ1) is 16.3. The standard InChI is InChI=1S/C18H23NO3/c1-13-9-10-16(22-13)17(21)19-12-18(3,14(2)20)11-15-7-5-4-6-8-15/h4-10,14,20H,11-12H2,1-3H3,(H,19,21)/t14-,18+/m0/s1. The van der Waals surface area contributed by atoms with Crippen LogP contribution in [0, 0.1) is 12.3 Å². The summed E-state index contributed by atoms with van der Waals surface area (Å²) in [6, 6.07) is 13.4. The van der Waals surface area contributed by atoms with Gasteiger partial charge in [-0.05, 0) is 38.0 Å². The molecule has 0 saturated heterocycles. The Bertz CT molecular complexity index is 618. The summed E-state index contributed by atoms with van der Waals surface area (Å²) in [6.07, 6.45) is 0.134. The zero-order valence-corrected chi connectivity index (χ0v) is 13.3. The van der Waals surface area contributed by atoms with Crippen LogP contribution >= 0.6 is 0 Å². The summed E-state index contributed by atoms with van der Waals surface area (Å²) in [6.45, 7) is 5.90. The maximum atomic E-state index is 12.1. The van der Waals surface area contributed by atoms with Crippen molar-refractivity contribution in [3.05, 3.63) is 59.5 Å². The van der Waals surface area contributed by atoms with Gasteiger partial charge in [-0.25, -0.2) is 0 Å². The summed E-state index contributed by atoms with van der Waals surface area (Å²) < 4.78 is 5.31. The third kappa shape index (κ3) is 3.98. The van der Waals surface area contributed by atoms with Crippen LogP contribution in [-0.2, 0) is 6.42 Å². The molecule has 1 amide bonds. The first-order valence-corrected chi connectivity index (χ1v) is 7.47. The van der Waals surface area contributed by atoms with Crippen molar-refractivity contribution < 1.29 is 14.3 Å². The van der Waals surface area contributed by atoms with Crippen molar-refractivity contribution in [1.82, 2.24) is 5.32 Å². The van der Waals surface area contributed by atoms with Crippen LogP contribution in [-0.4, -0.2) is 23.7 Å². The molecule has 2 N–H and O–H groups in total. The second kappa shape index (κ2) is 6.79. The van der Waals surface area contributed by atoms with Crippen LogP contribution in [0.5, 0.6) is 0 Å². The van der Waals surface area contributed by atoms with Crippen LogP contribution in [0.2, 0.25) is 0 Å². The topological polar surface area (TPSA) is 62.5 Å². The summed E-state index contributed by atoms with van der Waals surface area (Å²) in [5.74, 6) is 0.742. The van der Waals surface area contributed by atoms with Gasteiger partial charge in [0.1, 0.15) is 5.76 Å². The Labute approximate surface area is 131 Å². The van der Waals surface area contributed by atoms with E-state index in [9.17, 15) is 9.90 Å². The molecule has 1 heterocycles. The molecule has 1 aromatic carbocycles. The van der Waals surface area contributed by atoms with Crippen molar-refractivity contribution in [2.45, 2.75) is 33.3 Å². The van der Waals surface area contributed by atoms with Gasteiger partial charge in [-0.15, -0.1) is 0 Å². The molecule has 0 bridgehead atoms. The van der Waals surface area contributed by atoms with Crippen molar-refractivity contribution in [3.63, 3.8) is 0 Å². The van der Waals surface area contributed by atoms with Gasteiger partial charge < -0.3 is 14.8 Å². The van der Waals surface area contributed by atoms with Crippen LogP contribution in [0.1, 0.15) is 35.7 Å². The van der Waals surface area contributed by atoms with E-state index in [2.05, 4.69) is 5.32 Å². The molecule has 0 radical (unpaired) electrons. The summed E-state index contributed by atoms with van der Waals surface area (Å²) in [5, 5.41) is 13.0. The third-order valence-electron chi connectivity index (χ3n) is 4.08. The highest BCUT2D eigenvalue weighted by molar-refractivity contribution is 5.91. The fourth-order valence-electron chi connectivity index (χ4n) is 2.35. The van der Waals surface area contributed by atoms with E-state index in [1.165, 1.54) is 0 Å². The van der Waals surface area contributed by atoms with Crippen molar-refractivity contribution in [1.29, 1.82) is 0 Å². The van der Waals surface area contributed by atoms with Crippen LogP contribution in [0.15, 0.2) is 46.9 Å². The van der Waals surface area contributed by atoms with Gasteiger partial charge in [0.15, 0.2) is 5.76 Å². The number of nitrogens with one attached hydrogen (secondary N) is 1. The molecular formula is C18H23NO3.